The normalized spacial score (nSPS) is 10.5. The minimum Gasteiger partial charge on any atom is -0.321 e. The zero-order valence-corrected chi connectivity index (χ0v) is 13.6. The van der Waals surface area contributed by atoms with Crippen molar-refractivity contribution in [3.05, 3.63) is 89.5 Å². The predicted molar refractivity (Wildman–Crippen MR) is 98.3 cm³/mol. The molecule has 116 valence electrons. The van der Waals surface area contributed by atoms with Crippen LogP contribution in [0.4, 0.5) is 5.69 Å². The fraction of sp³-hybridized carbons (Fsp3) is 0.143. The molecule has 0 aliphatic rings. The Kier molecular flexibility index (Phi) is 4.74. The summed E-state index contributed by atoms with van der Waals surface area (Å²) >= 11 is 0. The number of para-hydroxylation sites is 1. The maximum absolute atomic E-state index is 3.30. The van der Waals surface area contributed by atoms with Gasteiger partial charge in [0.05, 0.1) is 0 Å². The third kappa shape index (κ3) is 3.79. The summed E-state index contributed by atoms with van der Waals surface area (Å²) in [4.78, 5) is 0. The zero-order chi connectivity index (χ0) is 16.1. The van der Waals surface area contributed by atoms with Gasteiger partial charge in [0.1, 0.15) is 0 Å². The van der Waals surface area contributed by atoms with Crippen LogP contribution < -0.4 is 10.9 Å². The highest BCUT2D eigenvalue weighted by Gasteiger charge is 2.05. The Morgan fingerprint density at radius 3 is 2.26 bits per heavy atom. The van der Waals surface area contributed by atoms with Gasteiger partial charge in [0.15, 0.2) is 0 Å². The van der Waals surface area contributed by atoms with E-state index < -0.39 is 0 Å². The third-order valence-electron chi connectivity index (χ3n) is 4.12. The lowest BCUT2D eigenvalue weighted by Crippen LogP contribution is -2.21. The molecule has 3 rings (SSSR count). The van der Waals surface area contributed by atoms with Gasteiger partial charge in [-0.3, -0.25) is 0 Å². The average molecular weight is 302 g/mol. The maximum Gasteiger partial charge on any atom is 0.0487 e. The lowest BCUT2D eigenvalue weighted by molar-refractivity contribution is 0.803. The molecule has 0 saturated carbocycles. The van der Waals surface area contributed by atoms with E-state index in [1.54, 1.807) is 0 Å². The van der Waals surface area contributed by atoms with Gasteiger partial charge in [0.25, 0.3) is 0 Å². The number of aryl methyl sites for hydroxylation is 2. The van der Waals surface area contributed by atoms with Crippen LogP contribution in [0.5, 0.6) is 0 Å². The minimum absolute atomic E-state index is 0.762. The van der Waals surface area contributed by atoms with Crippen LogP contribution in [0.25, 0.3) is 11.1 Å². The molecule has 0 heterocycles. The van der Waals surface area contributed by atoms with Crippen molar-refractivity contribution < 1.29 is 0 Å². The standard InChI is InChI=1S/C21H22N2/c1-16-12-13-18(14-17(16)2)21-11-7-6-8-19(21)15-22-23-20-9-4-3-5-10-20/h3-14,22-23H,15H2,1-2H3. The van der Waals surface area contributed by atoms with Crippen LogP contribution in [-0.4, -0.2) is 0 Å². The summed E-state index contributed by atoms with van der Waals surface area (Å²) in [5.74, 6) is 0. The first-order valence-electron chi connectivity index (χ1n) is 7.93. The van der Waals surface area contributed by atoms with Crippen LogP contribution in [-0.2, 0) is 6.54 Å². The predicted octanol–water partition coefficient (Wildman–Crippen LogP) is 5.09. The number of benzene rings is 3. The van der Waals surface area contributed by atoms with Gasteiger partial charge in [0, 0.05) is 12.2 Å². The van der Waals surface area contributed by atoms with E-state index in [-0.39, 0.29) is 0 Å². The van der Waals surface area contributed by atoms with E-state index in [2.05, 4.69) is 67.2 Å². The molecule has 2 N–H and O–H groups in total. The van der Waals surface area contributed by atoms with Gasteiger partial charge in [-0.1, -0.05) is 60.7 Å². The van der Waals surface area contributed by atoms with E-state index in [0.29, 0.717) is 0 Å². The van der Waals surface area contributed by atoms with Crippen LogP contribution in [0, 0.1) is 13.8 Å². The van der Waals surface area contributed by atoms with Crippen molar-refractivity contribution in [1.29, 1.82) is 0 Å². The van der Waals surface area contributed by atoms with Crippen molar-refractivity contribution in [1.82, 2.24) is 5.43 Å². The summed E-state index contributed by atoms with van der Waals surface area (Å²) in [6, 6.07) is 25.3. The smallest absolute Gasteiger partial charge is 0.0487 e. The summed E-state index contributed by atoms with van der Waals surface area (Å²) < 4.78 is 0. The Balaban J connectivity index is 1.76. The Labute approximate surface area is 138 Å². The van der Waals surface area contributed by atoms with Crippen LogP contribution >= 0.6 is 0 Å². The second-order valence-electron chi connectivity index (χ2n) is 5.80. The second-order valence-corrected chi connectivity index (χ2v) is 5.80. The summed E-state index contributed by atoms with van der Waals surface area (Å²) in [5.41, 5.74) is 14.1. The van der Waals surface area contributed by atoms with Gasteiger partial charge in [-0.2, -0.15) is 0 Å². The molecule has 0 atom stereocenters. The highest BCUT2D eigenvalue weighted by atomic mass is 15.3. The first kappa shape index (κ1) is 15.3. The number of anilines is 1. The molecule has 0 spiro atoms. The monoisotopic (exact) mass is 302 g/mol. The van der Waals surface area contributed by atoms with Gasteiger partial charge in [-0.25, -0.2) is 5.43 Å². The molecule has 0 aliphatic heterocycles. The van der Waals surface area contributed by atoms with E-state index in [9.17, 15) is 0 Å². The van der Waals surface area contributed by atoms with Crippen molar-refractivity contribution in [3.8, 4) is 11.1 Å². The van der Waals surface area contributed by atoms with Crippen molar-refractivity contribution in [2.24, 2.45) is 0 Å². The number of hydrazine groups is 1. The number of hydrogen-bond donors (Lipinski definition) is 2. The lowest BCUT2D eigenvalue weighted by Gasteiger charge is -2.13. The van der Waals surface area contributed by atoms with Crippen LogP contribution in [0.15, 0.2) is 72.8 Å². The number of rotatable bonds is 5. The Bertz CT molecular complexity index is 779. The van der Waals surface area contributed by atoms with Gasteiger partial charge in [-0.15, -0.1) is 0 Å². The molecule has 3 aromatic carbocycles. The highest BCUT2D eigenvalue weighted by molar-refractivity contribution is 5.68. The van der Waals surface area contributed by atoms with Crippen LogP contribution in [0.1, 0.15) is 16.7 Å². The topological polar surface area (TPSA) is 24.1 Å². The summed E-state index contributed by atoms with van der Waals surface area (Å²) in [5, 5.41) is 0. The molecule has 0 radical (unpaired) electrons. The molecule has 0 amide bonds. The van der Waals surface area contributed by atoms with Crippen molar-refractivity contribution in [2.75, 3.05) is 5.43 Å². The average Bonchev–Trinajstić information content (AvgIpc) is 2.59. The largest absolute Gasteiger partial charge is 0.321 e. The zero-order valence-electron chi connectivity index (χ0n) is 13.6. The van der Waals surface area contributed by atoms with Crippen LogP contribution in [0.2, 0.25) is 0 Å². The molecular formula is C21H22N2. The van der Waals surface area contributed by atoms with E-state index in [0.717, 1.165) is 12.2 Å². The maximum atomic E-state index is 3.30. The summed E-state index contributed by atoms with van der Waals surface area (Å²) in [7, 11) is 0. The first-order valence-corrected chi connectivity index (χ1v) is 7.93. The third-order valence-corrected chi connectivity index (χ3v) is 4.12. The van der Waals surface area contributed by atoms with Crippen molar-refractivity contribution in [3.63, 3.8) is 0 Å². The van der Waals surface area contributed by atoms with Gasteiger partial charge < -0.3 is 5.43 Å². The van der Waals surface area contributed by atoms with E-state index >= 15 is 0 Å². The molecule has 0 bridgehead atoms. The Hall–Kier alpha value is -2.58. The quantitative estimate of drug-likeness (QED) is 0.642. The van der Waals surface area contributed by atoms with Crippen molar-refractivity contribution >= 4 is 5.69 Å². The second kappa shape index (κ2) is 7.12. The summed E-state index contributed by atoms with van der Waals surface area (Å²) in [6.07, 6.45) is 0. The van der Waals surface area contributed by atoms with Crippen LogP contribution in [0.3, 0.4) is 0 Å². The molecule has 0 saturated heterocycles. The highest BCUT2D eigenvalue weighted by Crippen LogP contribution is 2.25. The van der Waals surface area contributed by atoms with E-state index in [4.69, 9.17) is 0 Å². The first-order chi connectivity index (χ1) is 11.2. The fourth-order valence-corrected chi connectivity index (χ4v) is 2.63. The van der Waals surface area contributed by atoms with Gasteiger partial charge in [-0.05, 0) is 53.8 Å². The minimum atomic E-state index is 0.762. The molecule has 0 fully saturated rings. The molecule has 2 nitrogen and oxygen atoms in total. The number of nitrogens with one attached hydrogen (secondary N) is 2. The molecule has 0 aliphatic carbocycles. The van der Waals surface area contributed by atoms with Crippen molar-refractivity contribution in [2.45, 2.75) is 20.4 Å². The van der Waals surface area contributed by atoms with E-state index in [1.807, 2.05) is 30.3 Å². The molecule has 3 aromatic rings. The van der Waals surface area contributed by atoms with Gasteiger partial charge in [0.2, 0.25) is 0 Å². The molecule has 0 aromatic heterocycles. The Morgan fingerprint density at radius 1 is 0.739 bits per heavy atom. The Morgan fingerprint density at radius 2 is 1.48 bits per heavy atom. The SMILES string of the molecule is Cc1ccc(-c2ccccc2CNNc2ccccc2)cc1C. The lowest BCUT2D eigenvalue weighted by atomic mass is 9.96. The van der Waals surface area contributed by atoms with Gasteiger partial charge >= 0.3 is 0 Å². The molecule has 0 unspecified atom stereocenters. The summed E-state index contributed by atoms with van der Waals surface area (Å²) in [6.45, 7) is 5.07. The molecule has 23 heavy (non-hydrogen) atoms. The fourth-order valence-electron chi connectivity index (χ4n) is 2.63. The number of hydrogen-bond acceptors (Lipinski definition) is 2. The molecular weight excluding hydrogens is 280 g/mol. The molecule has 2 heteroatoms. The van der Waals surface area contributed by atoms with E-state index in [1.165, 1.54) is 27.8 Å².